The molecule has 0 spiro atoms. The fraction of sp³-hybridized carbons (Fsp3) is 0.533. The van der Waals surface area contributed by atoms with Crippen LogP contribution in [0.15, 0.2) is 24.3 Å². The van der Waals surface area contributed by atoms with E-state index in [0.29, 0.717) is 6.61 Å². The molecule has 1 heterocycles. The summed E-state index contributed by atoms with van der Waals surface area (Å²) in [5.41, 5.74) is 1.50. The van der Waals surface area contributed by atoms with Crippen LogP contribution in [0.25, 0.3) is 0 Å². The molecule has 1 unspecified atom stereocenters. The summed E-state index contributed by atoms with van der Waals surface area (Å²) in [5.74, 6) is 0.0714. The van der Waals surface area contributed by atoms with Gasteiger partial charge in [0.15, 0.2) is 0 Å². The van der Waals surface area contributed by atoms with Gasteiger partial charge in [-0.3, -0.25) is 4.79 Å². The number of benzene rings is 1. The summed E-state index contributed by atoms with van der Waals surface area (Å²) in [5, 5.41) is 6.36. The Bertz CT molecular complexity index is 440. The average Bonchev–Trinajstić information content (AvgIpc) is 2.89. The van der Waals surface area contributed by atoms with Crippen molar-refractivity contribution in [2.75, 3.05) is 19.0 Å². The van der Waals surface area contributed by atoms with Crippen LogP contribution in [0.4, 0.5) is 5.69 Å². The fourth-order valence-corrected chi connectivity index (χ4v) is 2.62. The number of anilines is 1. The van der Waals surface area contributed by atoms with Crippen molar-refractivity contribution in [1.82, 2.24) is 5.32 Å². The van der Waals surface area contributed by atoms with E-state index in [1.807, 2.05) is 24.3 Å². The van der Waals surface area contributed by atoms with Gasteiger partial charge < -0.3 is 15.4 Å². The van der Waals surface area contributed by atoms with Crippen molar-refractivity contribution >= 4 is 11.6 Å². The van der Waals surface area contributed by atoms with Gasteiger partial charge in [-0.1, -0.05) is 19.1 Å². The number of methoxy groups -OCH3 is 1. The van der Waals surface area contributed by atoms with Gasteiger partial charge in [0.05, 0.1) is 12.1 Å². The van der Waals surface area contributed by atoms with Crippen molar-refractivity contribution in [3.8, 4) is 0 Å². The van der Waals surface area contributed by atoms with E-state index in [1.54, 1.807) is 7.11 Å². The van der Waals surface area contributed by atoms with Gasteiger partial charge in [-0.15, -0.1) is 0 Å². The zero-order valence-electron chi connectivity index (χ0n) is 11.7. The number of hydrogen-bond donors (Lipinski definition) is 2. The standard InChI is InChI=1S/C15H22N2O2/c1-3-15(8-5-9-16-15)14(18)17-13-7-4-6-12(10-13)11-19-2/h4,6-7,10,16H,3,5,8-9,11H2,1-2H3,(H,17,18). The van der Waals surface area contributed by atoms with Gasteiger partial charge in [0, 0.05) is 12.8 Å². The number of rotatable bonds is 5. The molecule has 1 aromatic carbocycles. The highest BCUT2D eigenvalue weighted by Crippen LogP contribution is 2.25. The van der Waals surface area contributed by atoms with Crippen molar-refractivity contribution in [2.45, 2.75) is 38.3 Å². The van der Waals surface area contributed by atoms with E-state index in [2.05, 4.69) is 17.6 Å². The van der Waals surface area contributed by atoms with E-state index in [-0.39, 0.29) is 5.91 Å². The molecule has 0 radical (unpaired) electrons. The lowest BCUT2D eigenvalue weighted by Crippen LogP contribution is -2.50. The van der Waals surface area contributed by atoms with Crippen LogP contribution in [-0.2, 0) is 16.1 Å². The Hall–Kier alpha value is -1.39. The Labute approximate surface area is 114 Å². The molecule has 1 atom stereocenters. The smallest absolute Gasteiger partial charge is 0.244 e. The molecule has 0 bridgehead atoms. The molecule has 2 rings (SSSR count). The zero-order valence-corrected chi connectivity index (χ0v) is 11.7. The predicted octanol–water partition coefficient (Wildman–Crippen LogP) is 2.30. The van der Waals surface area contributed by atoms with Crippen LogP contribution in [0.2, 0.25) is 0 Å². The number of ether oxygens (including phenoxy) is 1. The lowest BCUT2D eigenvalue weighted by molar-refractivity contribution is -0.122. The summed E-state index contributed by atoms with van der Waals surface area (Å²) in [6.45, 7) is 3.53. The monoisotopic (exact) mass is 262 g/mol. The topological polar surface area (TPSA) is 50.4 Å². The largest absolute Gasteiger partial charge is 0.380 e. The molecular weight excluding hydrogens is 240 g/mol. The molecule has 104 valence electrons. The normalized spacial score (nSPS) is 22.4. The van der Waals surface area contributed by atoms with Gasteiger partial charge in [0.1, 0.15) is 0 Å². The molecule has 0 saturated carbocycles. The van der Waals surface area contributed by atoms with E-state index in [4.69, 9.17) is 4.74 Å². The minimum atomic E-state index is -0.392. The van der Waals surface area contributed by atoms with Crippen molar-refractivity contribution in [2.24, 2.45) is 0 Å². The minimum absolute atomic E-state index is 0.0714. The third-order valence-corrected chi connectivity index (χ3v) is 3.78. The van der Waals surface area contributed by atoms with E-state index in [9.17, 15) is 4.79 Å². The zero-order chi connectivity index (χ0) is 13.7. The molecule has 1 aliphatic heterocycles. The number of nitrogens with one attached hydrogen (secondary N) is 2. The molecule has 1 saturated heterocycles. The molecule has 4 nitrogen and oxygen atoms in total. The molecule has 1 fully saturated rings. The van der Waals surface area contributed by atoms with Gasteiger partial charge in [0.25, 0.3) is 0 Å². The predicted molar refractivity (Wildman–Crippen MR) is 76.0 cm³/mol. The highest BCUT2D eigenvalue weighted by Gasteiger charge is 2.38. The van der Waals surface area contributed by atoms with Gasteiger partial charge in [0.2, 0.25) is 5.91 Å². The average molecular weight is 262 g/mol. The summed E-state index contributed by atoms with van der Waals surface area (Å²) in [6.07, 6.45) is 2.79. The molecule has 4 heteroatoms. The maximum Gasteiger partial charge on any atom is 0.244 e. The van der Waals surface area contributed by atoms with Crippen molar-refractivity contribution in [3.63, 3.8) is 0 Å². The maximum atomic E-state index is 12.4. The van der Waals surface area contributed by atoms with Crippen molar-refractivity contribution in [1.29, 1.82) is 0 Å². The van der Waals surface area contributed by atoms with Crippen LogP contribution in [0, 0.1) is 0 Å². The summed E-state index contributed by atoms with van der Waals surface area (Å²) in [6, 6.07) is 7.79. The Morgan fingerprint density at radius 1 is 1.53 bits per heavy atom. The van der Waals surface area contributed by atoms with Crippen LogP contribution < -0.4 is 10.6 Å². The fourth-order valence-electron chi connectivity index (χ4n) is 2.62. The Balaban J connectivity index is 2.07. The molecular formula is C15H22N2O2. The first-order valence-corrected chi connectivity index (χ1v) is 6.84. The maximum absolute atomic E-state index is 12.4. The molecule has 1 aromatic rings. The first-order valence-electron chi connectivity index (χ1n) is 6.84. The van der Waals surface area contributed by atoms with E-state index >= 15 is 0 Å². The number of carbonyl (C=O) groups excluding carboxylic acids is 1. The van der Waals surface area contributed by atoms with Gasteiger partial charge in [-0.05, 0) is 43.5 Å². The summed E-state index contributed by atoms with van der Waals surface area (Å²) < 4.78 is 5.10. The molecule has 1 amide bonds. The van der Waals surface area contributed by atoms with Crippen LogP contribution in [-0.4, -0.2) is 25.1 Å². The Morgan fingerprint density at radius 3 is 3.00 bits per heavy atom. The molecule has 2 N–H and O–H groups in total. The van der Waals surface area contributed by atoms with Gasteiger partial charge >= 0.3 is 0 Å². The number of carbonyl (C=O) groups is 1. The van der Waals surface area contributed by atoms with E-state index in [1.165, 1.54) is 0 Å². The molecule has 1 aliphatic rings. The van der Waals surface area contributed by atoms with Crippen LogP contribution in [0.5, 0.6) is 0 Å². The summed E-state index contributed by atoms with van der Waals surface area (Å²) >= 11 is 0. The van der Waals surface area contributed by atoms with Crippen LogP contribution in [0.3, 0.4) is 0 Å². The van der Waals surface area contributed by atoms with E-state index < -0.39 is 5.54 Å². The SMILES string of the molecule is CCC1(C(=O)Nc2cccc(COC)c2)CCCN1. The number of amides is 1. The third kappa shape index (κ3) is 3.14. The molecule has 19 heavy (non-hydrogen) atoms. The highest BCUT2D eigenvalue weighted by molar-refractivity contribution is 5.98. The third-order valence-electron chi connectivity index (χ3n) is 3.78. The lowest BCUT2D eigenvalue weighted by atomic mass is 9.93. The summed E-state index contributed by atoms with van der Waals surface area (Å²) in [4.78, 5) is 12.4. The van der Waals surface area contributed by atoms with Crippen molar-refractivity contribution in [3.05, 3.63) is 29.8 Å². The first kappa shape index (κ1) is 14.0. The second-order valence-corrected chi connectivity index (χ2v) is 5.05. The minimum Gasteiger partial charge on any atom is -0.380 e. The quantitative estimate of drug-likeness (QED) is 0.856. The first-order chi connectivity index (χ1) is 9.20. The van der Waals surface area contributed by atoms with Crippen molar-refractivity contribution < 1.29 is 9.53 Å². The van der Waals surface area contributed by atoms with Crippen LogP contribution in [0.1, 0.15) is 31.7 Å². The second-order valence-electron chi connectivity index (χ2n) is 5.05. The summed E-state index contributed by atoms with van der Waals surface area (Å²) in [7, 11) is 1.67. The highest BCUT2D eigenvalue weighted by atomic mass is 16.5. The molecule has 0 aromatic heterocycles. The van der Waals surface area contributed by atoms with Gasteiger partial charge in [-0.25, -0.2) is 0 Å². The Kier molecular flexibility index (Phi) is 4.56. The molecule has 0 aliphatic carbocycles. The Morgan fingerprint density at radius 2 is 2.37 bits per heavy atom. The van der Waals surface area contributed by atoms with E-state index in [0.717, 1.165) is 37.1 Å². The van der Waals surface area contributed by atoms with Gasteiger partial charge in [-0.2, -0.15) is 0 Å². The lowest BCUT2D eigenvalue weighted by Gasteiger charge is -2.26. The second kappa shape index (κ2) is 6.17. The van der Waals surface area contributed by atoms with Crippen LogP contribution >= 0.6 is 0 Å². The number of hydrogen-bond acceptors (Lipinski definition) is 3.